The van der Waals surface area contributed by atoms with Gasteiger partial charge in [0.25, 0.3) is 0 Å². The maximum Gasteiger partial charge on any atom is 0.238 e. The van der Waals surface area contributed by atoms with Gasteiger partial charge < -0.3 is 20.3 Å². The minimum atomic E-state index is -3.89. The van der Waals surface area contributed by atoms with Gasteiger partial charge >= 0.3 is 0 Å². The molecule has 0 radical (unpaired) electrons. The number of ether oxygens (including phenoxy) is 1. The number of hydrogen-bond acceptors (Lipinski definition) is 8. The molecule has 0 spiro atoms. The van der Waals surface area contributed by atoms with Crippen molar-refractivity contribution in [3.05, 3.63) is 60.0 Å². The molecular formula is C23H27FN6O3S. The first-order valence-electron chi connectivity index (χ1n) is 10.8. The largest absolute Gasteiger partial charge is 0.489 e. The zero-order valence-electron chi connectivity index (χ0n) is 19.0. The molecule has 4 rings (SSSR count). The second-order valence-electron chi connectivity index (χ2n) is 8.33. The third-order valence-electron chi connectivity index (χ3n) is 5.50. The lowest BCUT2D eigenvalue weighted by atomic mass is 10.1. The smallest absolute Gasteiger partial charge is 0.238 e. The molecule has 9 nitrogen and oxygen atoms in total. The van der Waals surface area contributed by atoms with Crippen LogP contribution in [0.5, 0.6) is 5.75 Å². The summed E-state index contributed by atoms with van der Waals surface area (Å²) in [5.41, 5.74) is 1.55. The van der Waals surface area contributed by atoms with Gasteiger partial charge in [-0.1, -0.05) is 6.07 Å². The van der Waals surface area contributed by atoms with Crippen LogP contribution in [0, 0.1) is 12.7 Å². The van der Waals surface area contributed by atoms with Crippen LogP contribution in [0.15, 0.2) is 53.6 Å². The average molecular weight is 487 g/mol. The van der Waals surface area contributed by atoms with Gasteiger partial charge in [0.15, 0.2) is 11.6 Å². The molecule has 3 aromatic rings. The van der Waals surface area contributed by atoms with Gasteiger partial charge in [0.05, 0.1) is 11.1 Å². The van der Waals surface area contributed by atoms with Crippen molar-refractivity contribution in [2.45, 2.75) is 30.8 Å². The molecule has 1 aliphatic rings. The Labute approximate surface area is 198 Å². The Morgan fingerprint density at radius 2 is 1.88 bits per heavy atom. The van der Waals surface area contributed by atoms with Crippen LogP contribution >= 0.6 is 0 Å². The lowest BCUT2D eigenvalue weighted by molar-refractivity contribution is 0.104. The summed E-state index contributed by atoms with van der Waals surface area (Å²) in [6.45, 7) is 3.62. The number of benzene rings is 2. The molecule has 1 aromatic heterocycles. The van der Waals surface area contributed by atoms with Gasteiger partial charge in [-0.05, 0) is 75.3 Å². The highest BCUT2D eigenvalue weighted by atomic mass is 32.2. The molecule has 4 N–H and O–H groups in total. The standard InChI is InChI=1S/C23H27FN6O3S/c1-15-5-6-17(12-21(15)34(25,31)32)28-23-26-13-20(24)22(29-23)27-16-7-9-18(10-8-16)33-19-4-3-11-30(2)14-19/h5-10,12-13,19H,3-4,11,14H2,1-2H3,(H2,25,31,32)(H2,26,27,28,29). The summed E-state index contributed by atoms with van der Waals surface area (Å²) >= 11 is 0. The van der Waals surface area contributed by atoms with Gasteiger partial charge in [-0.2, -0.15) is 4.98 Å². The van der Waals surface area contributed by atoms with Crippen LogP contribution in [-0.4, -0.2) is 49.5 Å². The monoisotopic (exact) mass is 486 g/mol. The van der Waals surface area contributed by atoms with Crippen LogP contribution in [0.4, 0.5) is 27.5 Å². The van der Waals surface area contributed by atoms with Gasteiger partial charge in [0.1, 0.15) is 11.9 Å². The van der Waals surface area contributed by atoms with Gasteiger partial charge in [-0.25, -0.2) is 22.9 Å². The number of nitrogens with two attached hydrogens (primary N) is 1. The number of nitrogens with one attached hydrogen (secondary N) is 2. The molecule has 34 heavy (non-hydrogen) atoms. The van der Waals surface area contributed by atoms with Gasteiger partial charge in [0.2, 0.25) is 16.0 Å². The van der Waals surface area contributed by atoms with E-state index >= 15 is 0 Å². The van der Waals surface area contributed by atoms with E-state index in [1.807, 2.05) is 12.1 Å². The van der Waals surface area contributed by atoms with Crippen molar-refractivity contribution >= 4 is 33.2 Å². The van der Waals surface area contributed by atoms with E-state index in [-0.39, 0.29) is 22.8 Å². The Morgan fingerprint density at radius 1 is 1.15 bits per heavy atom. The zero-order chi connectivity index (χ0) is 24.3. The van der Waals surface area contributed by atoms with Crippen molar-refractivity contribution < 1.29 is 17.5 Å². The fourth-order valence-corrected chi connectivity index (χ4v) is 4.60. The third kappa shape index (κ3) is 5.99. The molecule has 1 atom stereocenters. The molecule has 1 saturated heterocycles. The number of aryl methyl sites for hydroxylation is 1. The van der Waals surface area contributed by atoms with E-state index in [0.717, 1.165) is 37.9 Å². The van der Waals surface area contributed by atoms with Crippen LogP contribution in [0.2, 0.25) is 0 Å². The SMILES string of the molecule is Cc1ccc(Nc2ncc(F)c(Nc3ccc(OC4CCCN(C)C4)cc3)n2)cc1S(N)(=O)=O. The predicted octanol–water partition coefficient (Wildman–Crippen LogP) is 3.53. The molecule has 0 bridgehead atoms. The molecule has 2 heterocycles. The fraction of sp³-hybridized carbons (Fsp3) is 0.304. The lowest BCUT2D eigenvalue weighted by Gasteiger charge is -2.30. The van der Waals surface area contributed by atoms with Crippen LogP contribution < -0.4 is 20.5 Å². The van der Waals surface area contributed by atoms with E-state index in [2.05, 4.69) is 32.5 Å². The Morgan fingerprint density at radius 3 is 2.59 bits per heavy atom. The van der Waals surface area contributed by atoms with Crippen LogP contribution in [0.3, 0.4) is 0 Å². The zero-order valence-corrected chi connectivity index (χ0v) is 19.8. The summed E-state index contributed by atoms with van der Waals surface area (Å²) in [6, 6.07) is 11.9. The Bertz CT molecular complexity index is 1270. The molecule has 0 saturated carbocycles. The van der Waals surface area contributed by atoms with E-state index in [1.54, 1.807) is 31.2 Å². The maximum absolute atomic E-state index is 14.4. The molecule has 11 heteroatoms. The second-order valence-corrected chi connectivity index (χ2v) is 9.86. The molecule has 1 fully saturated rings. The summed E-state index contributed by atoms with van der Waals surface area (Å²) in [4.78, 5) is 10.3. The number of aromatic nitrogens is 2. The summed E-state index contributed by atoms with van der Waals surface area (Å²) < 4.78 is 43.9. The maximum atomic E-state index is 14.4. The molecule has 0 aliphatic carbocycles. The number of nitrogens with zero attached hydrogens (tertiary/aromatic N) is 3. The minimum absolute atomic E-state index is 0.0138. The number of sulfonamides is 1. The van der Waals surface area contributed by atoms with E-state index in [0.29, 0.717) is 16.9 Å². The molecule has 1 unspecified atom stereocenters. The highest BCUT2D eigenvalue weighted by molar-refractivity contribution is 7.89. The van der Waals surface area contributed by atoms with E-state index in [1.165, 1.54) is 6.07 Å². The van der Waals surface area contributed by atoms with Gasteiger partial charge in [-0.15, -0.1) is 0 Å². The normalized spacial score (nSPS) is 16.8. The first kappa shape index (κ1) is 23.9. The number of likely N-dealkylation sites (tertiary alicyclic amines) is 1. The van der Waals surface area contributed by atoms with Crippen molar-refractivity contribution in [1.82, 2.24) is 14.9 Å². The molecule has 180 valence electrons. The van der Waals surface area contributed by atoms with Gasteiger partial charge in [0, 0.05) is 17.9 Å². The number of rotatable bonds is 7. The Balaban J connectivity index is 1.45. The van der Waals surface area contributed by atoms with Crippen LogP contribution in [0.25, 0.3) is 0 Å². The molecule has 2 aromatic carbocycles. The fourth-order valence-electron chi connectivity index (χ4n) is 3.79. The summed E-state index contributed by atoms with van der Waals surface area (Å²) in [5.74, 6) is 0.181. The highest BCUT2D eigenvalue weighted by Crippen LogP contribution is 2.25. The summed E-state index contributed by atoms with van der Waals surface area (Å²) in [7, 11) is -1.80. The van der Waals surface area contributed by atoms with Crippen molar-refractivity contribution in [1.29, 1.82) is 0 Å². The first-order valence-corrected chi connectivity index (χ1v) is 12.4. The van der Waals surface area contributed by atoms with Crippen molar-refractivity contribution in [3.63, 3.8) is 0 Å². The predicted molar refractivity (Wildman–Crippen MR) is 129 cm³/mol. The summed E-state index contributed by atoms with van der Waals surface area (Å²) in [5, 5.41) is 11.1. The van der Waals surface area contributed by atoms with Gasteiger partial charge in [-0.3, -0.25) is 0 Å². The topological polar surface area (TPSA) is 122 Å². The van der Waals surface area contributed by atoms with E-state index < -0.39 is 15.8 Å². The van der Waals surface area contributed by atoms with Crippen LogP contribution in [-0.2, 0) is 10.0 Å². The van der Waals surface area contributed by atoms with Crippen molar-refractivity contribution in [2.75, 3.05) is 30.8 Å². The molecule has 1 aliphatic heterocycles. The van der Waals surface area contributed by atoms with Crippen molar-refractivity contribution in [3.8, 4) is 5.75 Å². The first-order chi connectivity index (χ1) is 16.2. The quantitative estimate of drug-likeness (QED) is 0.464. The number of likely N-dealkylation sites (N-methyl/N-ethyl adjacent to an activating group) is 1. The Hall–Kier alpha value is -3.28. The number of hydrogen-bond donors (Lipinski definition) is 3. The van der Waals surface area contributed by atoms with E-state index in [4.69, 9.17) is 9.88 Å². The third-order valence-corrected chi connectivity index (χ3v) is 6.55. The highest BCUT2D eigenvalue weighted by Gasteiger charge is 2.18. The second kappa shape index (κ2) is 9.92. The summed E-state index contributed by atoms with van der Waals surface area (Å²) in [6.07, 6.45) is 3.31. The molecule has 0 amide bonds. The lowest BCUT2D eigenvalue weighted by Crippen LogP contribution is -2.38. The Kier molecular flexibility index (Phi) is 6.96. The average Bonchev–Trinajstić information content (AvgIpc) is 2.78. The number of anilines is 4. The number of piperidine rings is 1. The number of halogens is 1. The minimum Gasteiger partial charge on any atom is -0.489 e. The number of primary sulfonamides is 1. The van der Waals surface area contributed by atoms with Crippen LogP contribution in [0.1, 0.15) is 18.4 Å². The van der Waals surface area contributed by atoms with Crippen molar-refractivity contribution in [2.24, 2.45) is 5.14 Å². The van der Waals surface area contributed by atoms with E-state index in [9.17, 15) is 12.8 Å². The molecular weight excluding hydrogens is 459 g/mol.